The first-order valence-corrected chi connectivity index (χ1v) is 10.6. The molecule has 6 nitrogen and oxygen atoms in total. The highest BCUT2D eigenvalue weighted by molar-refractivity contribution is 6.04. The number of aromatic amines is 1. The molecule has 156 valence electrons. The number of carbonyl (C=O) groups excluding carboxylic acids is 1. The Morgan fingerprint density at radius 3 is 2.77 bits per heavy atom. The van der Waals surface area contributed by atoms with E-state index in [9.17, 15) is 4.79 Å². The number of amides is 1. The van der Waals surface area contributed by atoms with Crippen LogP contribution < -0.4 is 10.1 Å². The maximum absolute atomic E-state index is 12.7. The van der Waals surface area contributed by atoms with Crippen LogP contribution in [0.4, 0.5) is 5.69 Å². The molecule has 0 unspecified atom stereocenters. The zero-order valence-corrected chi connectivity index (χ0v) is 17.1. The molecule has 0 aliphatic carbocycles. The molecule has 0 bridgehead atoms. The Labute approximate surface area is 177 Å². The molecule has 1 amide bonds. The van der Waals surface area contributed by atoms with E-state index in [1.54, 1.807) is 18.3 Å². The van der Waals surface area contributed by atoms with Crippen LogP contribution in [0, 0.1) is 0 Å². The standard InChI is InChI=1S/C24H28N4O2/c29-24(26-21-9-4-7-19(17-21)23-11-12-25-27-23)20-8-5-10-22(18-20)30-16-6-15-28-13-2-1-3-14-28/h4-5,7-12,17-18H,1-3,6,13-16H2,(H,25,27)(H,26,29). The number of likely N-dealkylation sites (tertiary alicyclic amines) is 1. The van der Waals surface area contributed by atoms with Crippen LogP contribution in [0.3, 0.4) is 0 Å². The molecule has 3 aromatic rings. The Morgan fingerprint density at radius 1 is 1.07 bits per heavy atom. The van der Waals surface area contributed by atoms with Crippen molar-refractivity contribution in [2.45, 2.75) is 25.7 Å². The highest BCUT2D eigenvalue weighted by atomic mass is 16.5. The fraction of sp³-hybridized carbons (Fsp3) is 0.333. The number of carbonyl (C=O) groups is 1. The van der Waals surface area contributed by atoms with E-state index in [2.05, 4.69) is 20.4 Å². The number of piperidine rings is 1. The third-order valence-corrected chi connectivity index (χ3v) is 5.36. The van der Waals surface area contributed by atoms with E-state index in [-0.39, 0.29) is 5.91 Å². The smallest absolute Gasteiger partial charge is 0.255 e. The van der Waals surface area contributed by atoms with Crippen molar-refractivity contribution in [1.82, 2.24) is 15.1 Å². The van der Waals surface area contributed by atoms with Crippen molar-refractivity contribution in [2.24, 2.45) is 0 Å². The zero-order chi connectivity index (χ0) is 20.6. The normalized spacial score (nSPS) is 14.4. The number of ether oxygens (including phenoxy) is 1. The molecule has 6 heteroatoms. The Balaban J connectivity index is 1.31. The third kappa shape index (κ3) is 5.48. The topological polar surface area (TPSA) is 70.2 Å². The quantitative estimate of drug-likeness (QED) is 0.539. The van der Waals surface area contributed by atoms with Gasteiger partial charge in [-0.05, 0) is 68.8 Å². The van der Waals surface area contributed by atoms with Crippen molar-refractivity contribution >= 4 is 11.6 Å². The number of aromatic nitrogens is 2. The molecular weight excluding hydrogens is 376 g/mol. The number of rotatable bonds is 8. The molecule has 0 atom stereocenters. The molecule has 0 saturated carbocycles. The van der Waals surface area contributed by atoms with Gasteiger partial charge in [0.1, 0.15) is 5.75 Å². The summed E-state index contributed by atoms with van der Waals surface area (Å²) in [7, 11) is 0. The number of hydrogen-bond donors (Lipinski definition) is 2. The molecule has 1 aliphatic rings. The summed E-state index contributed by atoms with van der Waals surface area (Å²) < 4.78 is 5.89. The summed E-state index contributed by atoms with van der Waals surface area (Å²) in [6.07, 6.45) is 6.68. The van der Waals surface area contributed by atoms with Crippen LogP contribution in [-0.4, -0.2) is 47.2 Å². The van der Waals surface area contributed by atoms with Gasteiger partial charge in [-0.3, -0.25) is 9.89 Å². The summed E-state index contributed by atoms with van der Waals surface area (Å²) in [5.41, 5.74) is 3.19. The van der Waals surface area contributed by atoms with Gasteiger partial charge in [0.05, 0.1) is 12.3 Å². The van der Waals surface area contributed by atoms with E-state index in [0.29, 0.717) is 12.2 Å². The number of nitrogens with one attached hydrogen (secondary N) is 2. The average molecular weight is 405 g/mol. The van der Waals surface area contributed by atoms with Gasteiger partial charge in [-0.15, -0.1) is 0 Å². The van der Waals surface area contributed by atoms with Crippen LogP contribution in [0.1, 0.15) is 36.0 Å². The first-order valence-electron chi connectivity index (χ1n) is 10.6. The lowest BCUT2D eigenvalue weighted by Gasteiger charge is -2.26. The van der Waals surface area contributed by atoms with Gasteiger partial charge in [-0.1, -0.05) is 24.6 Å². The van der Waals surface area contributed by atoms with Crippen molar-refractivity contribution in [3.05, 3.63) is 66.4 Å². The molecule has 1 fully saturated rings. The van der Waals surface area contributed by atoms with Gasteiger partial charge in [0.25, 0.3) is 5.91 Å². The average Bonchev–Trinajstić information content (AvgIpc) is 3.33. The lowest BCUT2D eigenvalue weighted by Crippen LogP contribution is -2.31. The van der Waals surface area contributed by atoms with Crippen molar-refractivity contribution < 1.29 is 9.53 Å². The Bertz CT molecular complexity index is 949. The maximum atomic E-state index is 12.7. The first kappa shape index (κ1) is 20.2. The van der Waals surface area contributed by atoms with Gasteiger partial charge in [0, 0.05) is 29.6 Å². The Kier molecular flexibility index (Phi) is 6.77. The second-order valence-electron chi connectivity index (χ2n) is 7.64. The monoisotopic (exact) mass is 404 g/mol. The van der Waals surface area contributed by atoms with Crippen molar-refractivity contribution in [2.75, 3.05) is 31.6 Å². The lowest BCUT2D eigenvalue weighted by atomic mass is 10.1. The van der Waals surface area contributed by atoms with E-state index in [4.69, 9.17) is 4.74 Å². The fourth-order valence-corrected chi connectivity index (χ4v) is 3.77. The zero-order valence-electron chi connectivity index (χ0n) is 17.1. The second kappa shape index (κ2) is 10.1. The summed E-state index contributed by atoms with van der Waals surface area (Å²) in [5, 5.41) is 9.87. The molecule has 2 aromatic carbocycles. The van der Waals surface area contributed by atoms with Crippen LogP contribution in [-0.2, 0) is 0 Å². The second-order valence-corrected chi connectivity index (χ2v) is 7.64. The summed E-state index contributed by atoms with van der Waals surface area (Å²) in [6, 6.07) is 16.9. The Morgan fingerprint density at radius 2 is 1.93 bits per heavy atom. The van der Waals surface area contributed by atoms with Crippen LogP contribution in [0.25, 0.3) is 11.3 Å². The summed E-state index contributed by atoms with van der Waals surface area (Å²) >= 11 is 0. The van der Waals surface area contributed by atoms with E-state index in [0.717, 1.165) is 35.7 Å². The van der Waals surface area contributed by atoms with Crippen LogP contribution >= 0.6 is 0 Å². The highest BCUT2D eigenvalue weighted by Gasteiger charge is 2.10. The van der Waals surface area contributed by atoms with Gasteiger partial charge in [-0.2, -0.15) is 5.10 Å². The van der Waals surface area contributed by atoms with E-state index in [1.165, 1.54) is 32.4 Å². The van der Waals surface area contributed by atoms with Gasteiger partial charge in [0.2, 0.25) is 0 Å². The number of hydrogen-bond acceptors (Lipinski definition) is 4. The molecule has 0 spiro atoms. The SMILES string of the molecule is O=C(Nc1cccc(-c2ccn[nH]2)c1)c1cccc(OCCCN2CCCCC2)c1. The summed E-state index contributed by atoms with van der Waals surface area (Å²) in [6.45, 7) is 4.15. The van der Waals surface area contributed by atoms with Gasteiger partial charge < -0.3 is 15.0 Å². The number of nitrogens with zero attached hydrogens (tertiary/aromatic N) is 2. The highest BCUT2D eigenvalue weighted by Crippen LogP contribution is 2.21. The predicted octanol–water partition coefficient (Wildman–Crippen LogP) is 4.58. The van der Waals surface area contributed by atoms with E-state index >= 15 is 0 Å². The minimum Gasteiger partial charge on any atom is -0.494 e. The van der Waals surface area contributed by atoms with E-state index < -0.39 is 0 Å². The molecular formula is C24H28N4O2. The third-order valence-electron chi connectivity index (χ3n) is 5.36. The molecule has 0 radical (unpaired) electrons. The molecule has 1 aliphatic heterocycles. The molecule has 4 rings (SSSR count). The first-order chi connectivity index (χ1) is 14.8. The number of H-pyrrole nitrogens is 1. The van der Waals surface area contributed by atoms with Gasteiger partial charge in [-0.25, -0.2) is 0 Å². The molecule has 1 saturated heterocycles. The van der Waals surface area contributed by atoms with Crippen LogP contribution in [0.5, 0.6) is 5.75 Å². The molecule has 1 aromatic heterocycles. The fourth-order valence-electron chi connectivity index (χ4n) is 3.77. The van der Waals surface area contributed by atoms with Gasteiger partial charge >= 0.3 is 0 Å². The lowest BCUT2D eigenvalue weighted by molar-refractivity contribution is 0.102. The van der Waals surface area contributed by atoms with E-state index in [1.807, 2.05) is 42.5 Å². The minimum absolute atomic E-state index is 0.157. The minimum atomic E-state index is -0.157. The Hall–Kier alpha value is -3.12. The predicted molar refractivity (Wildman–Crippen MR) is 119 cm³/mol. The van der Waals surface area contributed by atoms with Crippen molar-refractivity contribution in [3.8, 4) is 17.0 Å². The maximum Gasteiger partial charge on any atom is 0.255 e. The molecule has 2 heterocycles. The van der Waals surface area contributed by atoms with Crippen molar-refractivity contribution in [3.63, 3.8) is 0 Å². The largest absolute Gasteiger partial charge is 0.494 e. The number of anilines is 1. The van der Waals surface area contributed by atoms with Crippen LogP contribution in [0.2, 0.25) is 0 Å². The van der Waals surface area contributed by atoms with Gasteiger partial charge in [0.15, 0.2) is 0 Å². The van der Waals surface area contributed by atoms with Crippen molar-refractivity contribution in [1.29, 1.82) is 0 Å². The number of benzene rings is 2. The summed E-state index contributed by atoms with van der Waals surface area (Å²) in [5.74, 6) is 0.572. The molecule has 30 heavy (non-hydrogen) atoms. The van der Waals surface area contributed by atoms with Crippen LogP contribution in [0.15, 0.2) is 60.8 Å². The molecule has 2 N–H and O–H groups in total. The summed E-state index contributed by atoms with van der Waals surface area (Å²) in [4.78, 5) is 15.2.